The van der Waals surface area contributed by atoms with Gasteiger partial charge in [0, 0.05) is 0 Å². The van der Waals surface area contributed by atoms with Crippen molar-refractivity contribution in [2.75, 3.05) is 6.61 Å². The predicted octanol–water partition coefficient (Wildman–Crippen LogP) is 2.14. The van der Waals surface area contributed by atoms with Crippen LogP contribution in [0.4, 0.5) is 0 Å². The molecular weight excluding hydrogens is 186 g/mol. The number of rotatable bonds is 2. The minimum Gasteiger partial charge on any atom is -0.394 e. The van der Waals surface area contributed by atoms with Crippen LogP contribution in [-0.4, -0.2) is 11.7 Å². The number of hydrogen-bond donors (Lipinski definition) is 2. The van der Waals surface area contributed by atoms with E-state index >= 15 is 0 Å². The van der Waals surface area contributed by atoms with Crippen LogP contribution >= 0.6 is 0 Å². The van der Waals surface area contributed by atoms with Gasteiger partial charge in [0.2, 0.25) is 0 Å². The van der Waals surface area contributed by atoms with E-state index < -0.39 is 0 Å². The highest BCUT2D eigenvalue weighted by Crippen LogP contribution is 2.25. The topological polar surface area (TPSA) is 46.2 Å². The van der Waals surface area contributed by atoms with Crippen LogP contribution in [0, 0.1) is 6.92 Å². The Labute approximate surface area is 89.3 Å². The molecule has 2 heteroatoms. The summed E-state index contributed by atoms with van der Waals surface area (Å²) >= 11 is 0. The predicted molar refractivity (Wildman–Crippen MR) is 62.7 cm³/mol. The maximum Gasteiger partial charge on any atom is 0.0624 e. The second-order valence-electron chi connectivity index (χ2n) is 3.81. The number of benzene rings is 2. The van der Waals surface area contributed by atoms with E-state index in [0.717, 1.165) is 10.9 Å². The lowest BCUT2D eigenvalue weighted by atomic mass is 9.96. The van der Waals surface area contributed by atoms with E-state index in [0.29, 0.717) is 0 Å². The number of nitrogens with two attached hydrogens (primary N) is 1. The van der Waals surface area contributed by atoms with Crippen LogP contribution in [0.25, 0.3) is 10.8 Å². The molecule has 0 saturated heterocycles. The molecule has 0 aliphatic carbocycles. The molecule has 0 heterocycles. The fourth-order valence-corrected chi connectivity index (χ4v) is 1.89. The van der Waals surface area contributed by atoms with E-state index in [-0.39, 0.29) is 12.6 Å². The van der Waals surface area contributed by atoms with Crippen molar-refractivity contribution in [3.05, 3.63) is 47.5 Å². The Morgan fingerprint density at radius 1 is 1.13 bits per heavy atom. The van der Waals surface area contributed by atoms with Gasteiger partial charge in [-0.2, -0.15) is 0 Å². The third kappa shape index (κ3) is 1.74. The summed E-state index contributed by atoms with van der Waals surface area (Å²) in [7, 11) is 0. The van der Waals surface area contributed by atoms with Gasteiger partial charge in [0.1, 0.15) is 0 Å². The van der Waals surface area contributed by atoms with Crippen LogP contribution in [0.15, 0.2) is 36.4 Å². The summed E-state index contributed by atoms with van der Waals surface area (Å²) < 4.78 is 0. The van der Waals surface area contributed by atoms with Crippen LogP contribution in [0.3, 0.4) is 0 Å². The number of aryl methyl sites for hydroxylation is 1. The fourth-order valence-electron chi connectivity index (χ4n) is 1.89. The van der Waals surface area contributed by atoms with Crippen LogP contribution in [0.1, 0.15) is 17.2 Å². The Morgan fingerprint density at radius 3 is 2.47 bits per heavy atom. The van der Waals surface area contributed by atoms with Crippen LogP contribution < -0.4 is 5.73 Å². The first-order valence-electron chi connectivity index (χ1n) is 5.08. The zero-order chi connectivity index (χ0) is 10.8. The highest BCUT2D eigenvalue weighted by Gasteiger charge is 2.09. The molecule has 0 amide bonds. The molecule has 0 unspecified atom stereocenters. The molecule has 0 aliphatic rings. The second kappa shape index (κ2) is 4.01. The summed E-state index contributed by atoms with van der Waals surface area (Å²) in [5, 5.41) is 11.4. The molecule has 2 nitrogen and oxygen atoms in total. The Balaban J connectivity index is 2.71. The van der Waals surface area contributed by atoms with Gasteiger partial charge < -0.3 is 10.8 Å². The number of aliphatic hydroxyl groups is 1. The van der Waals surface area contributed by atoms with Crippen molar-refractivity contribution in [3.8, 4) is 0 Å². The zero-order valence-electron chi connectivity index (χ0n) is 8.77. The Bertz CT molecular complexity index is 479. The molecule has 0 saturated carbocycles. The molecular formula is C13H15NO. The van der Waals surface area contributed by atoms with Gasteiger partial charge in [0.25, 0.3) is 0 Å². The molecule has 1 atom stereocenters. The highest BCUT2D eigenvalue weighted by molar-refractivity contribution is 5.88. The van der Waals surface area contributed by atoms with E-state index in [4.69, 9.17) is 10.8 Å². The smallest absolute Gasteiger partial charge is 0.0624 e. The van der Waals surface area contributed by atoms with Gasteiger partial charge in [-0.15, -0.1) is 0 Å². The van der Waals surface area contributed by atoms with Gasteiger partial charge >= 0.3 is 0 Å². The lowest BCUT2D eigenvalue weighted by Gasteiger charge is -2.13. The minimum absolute atomic E-state index is 0.0208. The van der Waals surface area contributed by atoms with Gasteiger partial charge in [-0.3, -0.25) is 0 Å². The van der Waals surface area contributed by atoms with Crippen LogP contribution in [0.2, 0.25) is 0 Å². The molecule has 2 aromatic rings. The summed E-state index contributed by atoms with van der Waals surface area (Å²) in [6, 6.07) is 11.9. The third-order valence-electron chi connectivity index (χ3n) is 2.77. The van der Waals surface area contributed by atoms with Crippen molar-refractivity contribution >= 4 is 10.8 Å². The lowest BCUT2D eigenvalue weighted by Crippen LogP contribution is -2.14. The van der Waals surface area contributed by atoms with Crippen molar-refractivity contribution in [1.29, 1.82) is 0 Å². The van der Waals surface area contributed by atoms with Gasteiger partial charge in [0.05, 0.1) is 12.6 Å². The summed E-state index contributed by atoms with van der Waals surface area (Å²) in [5.74, 6) is 0. The average Bonchev–Trinajstić information content (AvgIpc) is 2.29. The normalized spacial score (nSPS) is 13.0. The molecule has 78 valence electrons. The largest absolute Gasteiger partial charge is 0.394 e. The maximum atomic E-state index is 9.09. The van der Waals surface area contributed by atoms with Crippen molar-refractivity contribution < 1.29 is 5.11 Å². The molecule has 2 aromatic carbocycles. The summed E-state index contributed by atoms with van der Waals surface area (Å²) in [4.78, 5) is 0. The Hall–Kier alpha value is -1.38. The van der Waals surface area contributed by atoms with E-state index in [1.54, 1.807) is 0 Å². The molecule has 3 N–H and O–H groups in total. The van der Waals surface area contributed by atoms with Crippen LogP contribution in [-0.2, 0) is 0 Å². The number of hydrogen-bond acceptors (Lipinski definition) is 2. The first-order chi connectivity index (χ1) is 7.24. The summed E-state index contributed by atoms with van der Waals surface area (Å²) in [6.45, 7) is 2.06. The molecule has 0 radical (unpaired) electrons. The molecule has 0 aliphatic heterocycles. The first kappa shape index (κ1) is 10.1. The number of fused-ring (bicyclic) bond motifs is 1. The SMILES string of the molecule is Cc1ccc([C@@H](N)CO)c2ccccc12. The molecule has 0 aromatic heterocycles. The van der Waals surface area contributed by atoms with Crippen molar-refractivity contribution in [1.82, 2.24) is 0 Å². The standard InChI is InChI=1S/C13H15NO/c1-9-6-7-12(13(14)8-15)11-5-3-2-4-10(9)11/h2-7,13,15H,8,14H2,1H3/t13-/m0/s1. The lowest BCUT2D eigenvalue weighted by molar-refractivity contribution is 0.268. The van der Waals surface area contributed by atoms with Gasteiger partial charge in [-0.05, 0) is 28.8 Å². The quantitative estimate of drug-likeness (QED) is 0.782. The molecule has 15 heavy (non-hydrogen) atoms. The Kier molecular flexibility index (Phi) is 2.71. The molecule has 2 rings (SSSR count). The second-order valence-corrected chi connectivity index (χ2v) is 3.81. The van der Waals surface area contributed by atoms with Crippen LogP contribution in [0.5, 0.6) is 0 Å². The van der Waals surface area contributed by atoms with Gasteiger partial charge in [-0.25, -0.2) is 0 Å². The maximum absolute atomic E-state index is 9.09. The van der Waals surface area contributed by atoms with Crippen molar-refractivity contribution in [2.24, 2.45) is 5.73 Å². The van der Waals surface area contributed by atoms with E-state index in [1.165, 1.54) is 10.9 Å². The highest BCUT2D eigenvalue weighted by atomic mass is 16.3. The van der Waals surface area contributed by atoms with E-state index in [1.807, 2.05) is 30.3 Å². The Morgan fingerprint density at radius 2 is 1.80 bits per heavy atom. The molecule has 0 bridgehead atoms. The third-order valence-corrected chi connectivity index (χ3v) is 2.77. The summed E-state index contributed by atoms with van der Waals surface area (Å²) in [5.41, 5.74) is 8.11. The zero-order valence-corrected chi connectivity index (χ0v) is 8.77. The van der Waals surface area contributed by atoms with Gasteiger partial charge in [0.15, 0.2) is 0 Å². The number of aliphatic hydroxyl groups excluding tert-OH is 1. The van der Waals surface area contributed by atoms with Gasteiger partial charge in [-0.1, -0.05) is 36.4 Å². The first-order valence-corrected chi connectivity index (χ1v) is 5.08. The average molecular weight is 201 g/mol. The fraction of sp³-hybridized carbons (Fsp3) is 0.231. The van der Waals surface area contributed by atoms with E-state index in [9.17, 15) is 0 Å². The molecule has 0 spiro atoms. The van der Waals surface area contributed by atoms with E-state index in [2.05, 4.69) is 13.0 Å². The van der Waals surface area contributed by atoms with Crippen molar-refractivity contribution in [2.45, 2.75) is 13.0 Å². The monoisotopic (exact) mass is 201 g/mol. The summed E-state index contributed by atoms with van der Waals surface area (Å²) in [6.07, 6.45) is 0. The van der Waals surface area contributed by atoms with Crippen molar-refractivity contribution in [3.63, 3.8) is 0 Å². The minimum atomic E-state index is -0.296. The molecule has 0 fully saturated rings.